The third-order valence-corrected chi connectivity index (χ3v) is 3.67. The van der Waals surface area contributed by atoms with Crippen LogP contribution < -0.4 is 0 Å². The number of aromatic nitrogens is 1. The summed E-state index contributed by atoms with van der Waals surface area (Å²) in [5.74, 6) is 1.21. The van der Waals surface area contributed by atoms with Gasteiger partial charge in [0.25, 0.3) is 0 Å². The fourth-order valence-electron chi connectivity index (χ4n) is 0.595. The van der Waals surface area contributed by atoms with Gasteiger partial charge in [-0.3, -0.25) is 4.21 Å². The van der Waals surface area contributed by atoms with Gasteiger partial charge in [0.1, 0.15) is 9.34 Å². The van der Waals surface area contributed by atoms with Gasteiger partial charge in [0, 0.05) is 16.6 Å². The molecule has 0 radical (unpaired) electrons. The van der Waals surface area contributed by atoms with Crippen LogP contribution in [0.3, 0.4) is 0 Å². The Morgan fingerprint density at radius 3 is 3.00 bits per heavy atom. The minimum Gasteiger partial charge on any atom is -0.259 e. The molecule has 0 aromatic carbocycles. The number of thiazole rings is 1. The van der Waals surface area contributed by atoms with Crippen molar-refractivity contribution in [3.05, 3.63) is 15.5 Å². The number of halogens is 1. The Kier molecular flexibility index (Phi) is 3.48. The predicted octanol–water partition coefficient (Wildman–Crippen LogP) is 2.07. The van der Waals surface area contributed by atoms with E-state index in [0.717, 1.165) is 5.01 Å². The molecule has 0 aliphatic carbocycles. The van der Waals surface area contributed by atoms with Gasteiger partial charge < -0.3 is 0 Å². The molecule has 0 amide bonds. The van der Waals surface area contributed by atoms with Crippen LogP contribution in [-0.4, -0.2) is 14.9 Å². The van der Waals surface area contributed by atoms with Crippen LogP contribution in [0.2, 0.25) is 4.34 Å². The summed E-state index contributed by atoms with van der Waals surface area (Å²) in [6.45, 7) is 1.89. The highest BCUT2D eigenvalue weighted by Gasteiger charge is 2.02. The van der Waals surface area contributed by atoms with E-state index in [4.69, 9.17) is 11.6 Å². The molecule has 1 heterocycles. The Balaban J connectivity index is 2.57. The van der Waals surface area contributed by atoms with Crippen LogP contribution in [0.5, 0.6) is 0 Å². The largest absolute Gasteiger partial charge is 0.259 e. The monoisotopic (exact) mass is 209 g/mol. The first-order valence-corrected chi connectivity index (χ1v) is 5.85. The molecule has 11 heavy (non-hydrogen) atoms. The van der Waals surface area contributed by atoms with Gasteiger partial charge in [-0.2, -0.15) is 0 Å². The highest BCUT2D eigenvalue weighted by atomic mass is 35.5. The van der Waals surface area contributed by atoms with Gasteiger partial charge in [-0.05, 0) is 0 Å². The van der Waals surface area contributed by atoms with Crippen molar-refractivity contribution in [3.63, 3.8) is 0 Å². The molecule has 0 saturated heterocycles. The number of hydrogen-bond donors (Lipinski definition) is 0. The van der Waals surface area contributed by atoms with E-state index in [1.807, 2.05) is 6.92 Å². The summed E-state index contributed by atoms with van der Waals surface area (Å²) in [6, 6.07) is 0. The third-order valence-electron chi connectivity index (χ3n) is 1.13. The summed E-state index contributed by atoms with van der Waals surface area (Å²) in [5, 5.41) is 0.857. The van der Waals surface area contributed by atoms with E-state index in [2.05, 4.69) is 4.98 Å². The van der Waals surface area contributed by atoms with E-state index in [1.165, 1.54) is 11.3 Å². The van der Waals surface area contributed by atoms with Crippen molar-refractivity contribution in [2.75, 3.05) is 5.75 Å². The first kappa shape index (κ1) is 9.16. The zero-order valence-electron chi connectivity index (χ0n) is 6.04. The molecule has 2 nitrogen and oxygen atoms in total. The summed E-state index contributed by atoms with van der Waals surface area (Å²) >= 11 is 7.04. The Hall–Kier alpha value is 0.0700. The van der Waals surface area contributed by atoms with E-state index in [9.17, 15) is 4.21 Å². The van der Waals surface area contributed by atoms with E-state index in [1.54, 1.807) is 6.20 Å². The average Bonchev–Trinajstić information content (AvgIpc) is 2.35. The SMILES string of the molecule is CCS(=O)Cc1ncc(Cl)s1. The summed E-state index contributed by atoms with van der Waals surface area (Å²) in [6.07, 6.45) is 1.59. The zero-order chi connectivity index (χ0) is 8.27. The number of hydrogen-bond acceptors (Lipinski definition) is 3. The normalized spacial score (nSPS) is 13.3. The molecule has 62 valence electrons. The molecule has 0 saturated carbocycles. The quantitative estimate of drug-likeness (QED) is 0.763. The molecule has 1 atom stereocenters. The molecular weight excluding hydrogens is 202 g/mol. The van der Waals surface area contributed by atoms with Crippen molar-refractivity contribution in [2.24, 2.45) is 0 Å². The minimum atomic E-state index is -0.775. The fraction of sp³-hybridized carbons (Fsp3) is 0.500. The first-order chi connectivity index (χ1) is 5.22. The number of nitrogens with zero attached hydrogens (tertiary/aromatic N) is 1. The molecule has 1 rings (SSSR count). The third kappa shape index (κ3) is 2.89. The summed E-state index contributed by atoms with van der Waals surface area (Å²) < 4.78 is 11.7. The van der Waals surface area contributed by atoms with Crippen molar-refractivity contribution in [2.45, 2.75) is 12.7 Å². The standard InChI is InChI=1S/C6H8ClNOS2/c1-2-11(9)4-6-8-3-5(7)10-6/h3H,2,4H2,1H3. The van der Waals surface area contributed by atoms with E-state index >= 15 is 0 Å². The lowest BCUT2D eigenvalue weighted by atomic mass is 10.8. The first-order valence-electron chi connectivity index (χ1n) is 3.17. The zero-order valence-corrected chi connectivity index (χ0v) is 8.43. The molecule has 0 bridgehead atoms. The summed E-state index contributed by atoms with van der Waals surface area (Å²) in [7, 11) is -0.775. The molecule has 1 aromatic rings. The van der Waals surface area contributed by atoms with Crippen LogP contribution in [0.4, 0.5) is 0 Å². The second kappa shape index (κ2) is 4.18. The molecule has 0 aliphatic rings. The highest BCUT2D eigenvalue weighted by molar-refractivity contribution is 7.84. The van der Waals surface area contributed by atoms with E-state index in [0.29, 0.717) is 15.8 Å². The smallest absolute Gasteiger partial charge is 0.113 e. The number of rotatable bonds is 3. The van der Waals surface area contributed by atoms with Crippen molar-refractivity contribution >= 4 is 33.7 Å². The van der Waals surface area contributed by atoms with Crippen molar-refractivity contribution in [1.29, 1.82) is 0 Å². The van der Waals surface area contributed by atoms with Gasteiger partial charge in [0.2, 0.25) is 0 Å². The van der Waals surface area contributed by atoms with Crippen molar-refractivity contribution in [3.8, 4) is 0 Å². The Labute approximate surface area is 77.1 Å². The van der Waals surface area contributed by atoms with Gasteiger partial charge in [0.15, 0.2) is 0 Å². The van der Waals surface area contributed by atoms with Crippen LogP contribution in [0.1, 0.15) is 11.9 Å². The van der Waals surface area contributed by atoms with Gasteiger partial charge >= 0.3 is 0 Å². The summed E-state index contributed by atoms with van der Waals surface area (Å²) in [4.78, 5) is 4.00. The topological polar surface area (TPSA) is 30.0 Å². The van der Waals surface area contributed by atoms with Gasteiger partial charge in [0.05, 0.1) is 11.9 Å². The lowest BCUT2D eigenvalue weighted by Crippen LogP contribution is -1.96. The lowest BCUT2D eigenvalue weighted by Gasteiger charge is -1.91. The molecule has 5 heteroatoms. The van der Waals surface area contributed by atoms with Crippen molar-refractivity contribution < 1.29 is 4.21 Å². The molecule has 0 fully saturated rings. The maximum atomic E-state index is 11.0. The van der Waals surface area contributed by atoms with E-state index in [-0.39, 0.29) is 0 Å². The highest BCUT2D eigenvalue weighted by Crippen LogP contribution is 2.19. The molecule has 1 unspecified atom stereocenters. The van der Waals surface area contributed by atoms with E-state index < -0.39 is 10.8 Å². The van der Waals surface area contributed by atoms with Crippen LogP contribution in [0.25, 0.3) is 0 Å². The summed E-state index contributed by atoms with van der Waals surface area (Å²) in [5.41, 5.74) is 0. The lowest BCUT2D eigenvalue weighted by molar-refractivity contribution is 0.683. The Morgan fingerprint density at radius 1 is 1.82 bits per heavy atom. The Bertz CT molecular complexity index is 261. The molecule has 0 N–H and O–H groups in total. The van der Waals surface area contributed by atoms with Crippen LogP contribution in [0.15, 0.2) is 6.20 Å². The molecule has 1 aromatic heterocycles. The average molecular weight is 210 g/mol. The molecule has 0 aliphatic heterocycles. The fourth-order valence-corrected chi connectivity index (χ4v) is 2.53. The van der Waals surface area contributed by atoms with Crippen molar-refractivity contribution in [1.82, 2.24) is 4.98 Å². The second-order valence-electron chi connectivity index (χ2n) is 1.93. The second-order valence-corrected chi connectivity index (χ2v) is 5.42. The van der Waals surface area contributed by atoms with Crippen LogP contribution in [-0.2, 0) is 16.6 Å². The van der Waals surface area contributed by atoms with Crippen LogP contribution >= 0.6 is 22.9 Å². The maximum absolute atomic E-state index is 11.0. The Morgan fingerprint density at radius 2 is 2.55 bits per heavy atom. The molecular formula is C6H8ClNOS2. The predicted molar refractivity (Wildman–Crippen MR) is 49.5 cm³/mol. The minimum absolute atomic E-state index is 0.536. The maximum Gasteiger partial charge on any atom is 0.113 e. The van der Waals surface area contributed by atoms with Gasteiger partial charge in [-0.15, -0.1) is 11.3 Å². The van der Waals surface area contributed by atoms with Crippen LogP contribution in [0, 0.1) is 0 Å². The van der Waals surface area contributed by atoms with Gasteiger partial charge in [-0.25, -0.2) is 4.98 Å². The van der Waals surface area contributed by atoms with Gasteiger partial charge in [-0.1, -0.05) is 18.5 Å². The molecule has 0 spiro atoms.